The van der Waals surface area contributed by atoms with Gasteiger partial charge in [0.05, 0.1) is 10.1 Å². The third-order valence-electron chi connectivity index (χ3n) is 2.73. The predicted molar refractivity (Wildman–Crippen MR) is 60.4 cm³/mol. The summed E-state index contributed by atoms with van der Waals surface area (Å²) in [4.78, 5) is 0.449. The highest BCUT2D eigenvalue weighted by Crippen LogP contribution is 2.24. The van der Waals surface area contributed by atoms with Crippen molar-refractivity contribution < 1.29 is 8.42 Å². The molecule has 1 aliphatic carbocycles. The molecule has 0 saturated carbocycles. The summed E-state index contributed by atoms with van der Waals surface area (Å²) in [5.74, 6) is 0. The molecule has 3 heteroatoms. The van der Waals surface area contributed by atoms with Crippen LogP contribution in [0.2, 0.25) is 0 Å². The molecule has 1 aromatic carbocycles. The Hall–Kier alpha value is -1.09. The van der Waals surface area contributed by atoms with Gasteiger partial charge in [0.15, 0.2) is 9.84 Å². The Morgan fingerprint density at radius 1 is 1.07 bits per heavy atom. The molecular weight excluding hydrogens is 208 g/mol. The first-order chi connectivity index (χ1) is 7.21. The molecule has 0 radical (unpaired) electrons. The maximum atomic E-state index is 12.2. The van der Waals surface area contributed by atoms with E-state index < -0.39 is 9.84 Å². The summed E-state index contributed by atoms with van der Waals surface area (Å²) >= 11 is 0. The van der Waals surface area contributed by atoms with Gasteiger partial charge < -0.3 is 0 Å². The highest BCUT2D eigenvalue weighted by Gasteiger charge is 2.26. The summed E-state index contributed by atoms with van der Waals surface area (Å²) in [6, 6.07) is 8.72. The summed E-state index contributed by atoms with van der Waals surface area (Å²) < 4.78 is 24.3. The van der Waals surface area contributed by atoms with Gasteiger partial charge in [-0.1, -0.05) is 30.4 Å². The molecule has 1 aromatic rings. The molecule has 80 valence electrons. The van der Waals surface area contributed by atoms with Crippen molar-refractivity contribution >= 4 is 9.84 Å². The van der Waals surface area contributed by atoms with Crippen molar-refractivity contribution in [1.82, 2.24) is 0 Å². The minimum atomic E-state index is -3.11. The summed E-state index contributed by atoms with van der Waals surface area (Å²) in [5, 5.41) is -0.232. The van der Waals surface area contributed by atoms with Crippen LogP contribution < -0.4 is 0 Å². The Balaban J connectivity index is 2.31. The quantitative estimate of drug-likeness (QED) is 0.721. The minimum Gasteiger partial charge on any atom is -0.223 e. The number of allylic oxidation sites excluding steroid dienone is 2. The summed E-state index contributed by atoms with van der Waals surface area (Å²) in [6.07, 6.45) is 6.29. The first kappa shape index (κ1) is 10.4. The molecule has 0 amide bonds. The molecule has 0 aromatic heterocycles. The molecular formula is C12H14O2S. The van der Waals surface area contributed by atoms with Crippen LogP contribution in [0.25, 0.3) is 0 Å². The van der Waals surface area contributed by atoms with Crippen LogP contribution in [0, 0.1) is 0 Å². The standard InChI is InChI=1S/C12H14O2S/c13-15(14,11-7-3-1-4-8-11)12-9-5-2-6-10-12/h1-5,7-8,12H,6,9-10H2. The molecule has 1 atom stereocenters. The van der Waals surface area contributed by atoms with Gasteiger partial charge in [0, 0.05) is 0 Å². The van der Waals surface area contributed by atoms with Gasteiger partial charge in [-0.15, -0.1) is 0 Å². The first-order valence-corrected chi connectivity index (χ1v) is 6.70. The fraction of sp³-hybridized carbons (Fsp3) is 0.333. The molecule has 1 aliphatic rings. The lowest BCUT2D eigenvalue weighted by molar-refractivity contribution is 0.568. The van der Waals surface area contributed by atoms with Gasteiger partial charge in [-0.05, 0) is 31.4 Å². The fourth-order valence-corrected chi connectivity index (χ4v) is 3.58. The highest BCUT2D eigenvalue weighted by atomic mass is 32.2. The third-order valence-corrected chi connectivity index (χ3v) is 4.97. The molecule has 1 unspecified atom stereocenters. The lowest BCUT2D eigenvalue weighted by Crippen LogP contribution is -2.22. The Kier molecular flexibility index (Phi) is 2.91. The van der Waals surface area contributed by atoms with E-state index in [1.807, 2.05) is 12.1 Å². The van der Waals surface area contributed by atoms with Crippen LogP contribution in [0.1, 0.15) is 19.3 Å². The van der Waals surface area contributed by atoms with E-state index in [4.69, 9.17) is 0 Å². The van der Waals surface area contributed by atoms with Gasteiger partial charge in [0.2, 0.25) is 0 Å². The van der Waals surface area contributed by atoms with Crippen molar-refractivity contribution in [3.63, 3.8) is 0 Å². The zero-order chi connectivity index (χ0) is 10.7. The minimum absolute atomic E-state index is 0.232. The summed E-state index contributed by atoms with van der Waals surface area (Å²) in [5.41, 5.74) is 0. The van der Waals surface area contributed by atoms with Crippen LogP contribution in [-0.2, 0) is 9.84 Å². The summed E-state index contributed by atoms with van der Waals surface area (Å²) in [7, 11) is -3.11. The van der Waals surface area contributed by atoms with Gasteiger partial charge in [-0.25, -0.2) is 8.42 Å². The van der Waals surface area contributed by atoms with Crippen LogP contribution in [0.4, 0.5) is 0 Å². The van der Waals surface area contributed by atoms with E-state index in [1.165, 1.54) is 0 Å². The lowest BCUT2D eigenvalue weighted by atomic mass is 10.1. The fourth-order valence-electron chi connectivity index (χ4n) is 1.85. The zero-order valence-corrected chi connectivity index (χ0v) is 9.28. The molecule has 0 spiro atoms. The van der Waals surface area contributed by atoms with Crippen LogP contribution in [0.15, 0.2) is 47.4 Å². The van der Waals surface area contributed by atoms with Crippen molar-refractivity contribution in [2.45, 2.75) is 29.4 Å². The van der Waals surface area contributed by atoms with Crippen molar-refractivity contribution in [3.8, 4) is 0 Å². The largest absolute Gasteiger partial charge is 0.223 e. The normalized spacial score (nSPS) is 21.5. The van der Waals surface area contributed by atoms with Gasteiger partial charge in [0.1, 0.15) is 0 Å². The first-order valence-electron chi connectivity index (χ1n) is 5.15. The van der Waals surface area contributed by atoms with Crippen molar-refractivity contribution in [2.24, 2.45) is 0 Å². The number of benzene rings is 1. The highest BCUT2D eigenvalue weighted by molar-refractivity contribution is 7.92. The van der Waals surface area contributed by atoms with E-state index >= 15 is 0 Å². The molecule has 0 heterocycles. The van der Waals surface area contributed by atoms with Crippen LogP contribution in [0.3, 0.4) is 0 Å². The van der Waals surface area contributed by atoms with Gasteiger partial charge in [-0.2, -0.15) is 0 Å². The van der Waals surface area contributed by atoms with E-state index in [0.717, 1.165) is 12.8 Å². The molecule has 2 rings (SSSR count). The lowest BCUT2D eigenvalue weighted by Gasteiger charge is -2.18. The molecule has 0 N–H and O–H groups in total. The summed E-state index contributed by atoms with van der Waals surface area (Å²) in [6.45, 7) is 0. The smallest absolute Gasteiger partial charge is 0.181 e. The van der Waals surface area contributed by atoms with Gasteiger partial charge in [-0.3, -0.25) is 0 Å². The maximum absolute atomic E-state index is 12.2. The van der Waals surface area contributed by atoms with Crippen LogP contribution in [-0.4, -0.2) is 13.7 Å². The molecule has 0 fully saturated rings. The second-order valence-corrected chi connectivity index (χ2v) is 5.99. The van der Waals surface area contributed by atoms with E-state index in [-0.39, 0.29) is 5.25 Å². The number of hydrogen-bond acceptors (Lipinski definition) is 2. The van der Waals surface area contributed by atoms with Gasteiger partial charge >= 0.3 is 0 Å². The Morgan fingerprint density at radius 2 is 1.80 bits per heavy atom. The second-order valence-electron chi connectivity index (χ2n) is 3.76. The number of sulfone groups is 1. The average Bonchev–Trinajstić information content (AvgIpc) is 2.31. The molecule has 2 nitrogen and oxygen atoms in total. The van der Waals surface area contributed by atoms with E-state index in [1.54, 1.807) is 24.3 Å². The molecule has 0 bridgehead atoms. The topological polar surface area (TPSA) is 34.1 Å². The molecule has 15 heavy (non-hydrogen) atoms. The number of hydrogen-bond donors (Lipinski definition) is 0. The van der Waals surface area contributed by atoms with E-state index in [0.29, 0.717) is 11.3 Å². The molecule has 0 aliphatic heterocycles. The molecule has 0 saturated heterocycles. The second kappa shape index (κ2) is 4.19. The van der Waals surface area contributed by atoms with Crippen molar-refractivity contribution in [2.75, 3.05) is 0 Å². The third kappa shape index (κ3) is 2.12. The zero-order valence-electron chi connectivity index (χ0n) is 8.46. The van der Waals surface area contributed by atoms with Crippen molar-refractivity contribution in [3.05, 3.63) is 42.5 Å². The average molecular weight is 222 g/mol. The monoisotopic (exact) mass is 222 g/mol. The maximum Gasteiger partial charge on any atom is 0.181 e. The van der Waals surface area contributed by atoms with E-state index in [2.05, 4.69) is 6.08 Å². The van der Waals surface area contributed by atoms with Crippen LogP contribution >= 0.6 is 0 Å². The predicted octanol–water partition coefficient (Wildman–Crippen LogP) is 2.57. The Morgan fingerprint density at radius 3 is 2.40 bits per heavy atom. The SMILES string of the molecule is O=S(=O)(c1ccccc1)C1CC=CCC1. The number of rotatable bonds is 2. The van der Waals surface area contributed by atoms with Gasteiger partial charge in [0.25, 0.3) is 0 Å². The van der Waals surface area contributed by atoms with E-state index in [9.17, 15) is 8.42 Å². The van der Waals surface area contributed by atoms with Crippen LogP contribution in [0.5, 0.6) is 0 Å². The Bertz CT molecular complexity index is 446. The Labute approximate surface area is 90.6 Å². The van der Waals surface area contributed by atoms with Crippen molar-refractivity contribution in [1.29, 1.82) is 0 Å².